The number of aromatic carboxylic acids is 1. The molecule has 3 rings (SSSR count). The summed E-state index contributed by atoms with van der Waals surface area (Å²) in [5, 5.41) is 29.5. The van der Waals surface area contributed by atoms with Crippen molar-refractivity contribution in [3.05, 3.63) is 89.5 Å². The molecule has 3 aromatic carbocycles. The number of rotatable bonds is 9. The van der Waals surface area contributed by atoms with E-state index in [-0.39, 0.29) is 22.9 Å². The van der Waals surface area contributed by atoms with Gasteiger partial charge in [0.2, 0.25) is 9.84 Å². The minimum Gasteiger partial charge on any atom is -0.507 e. The van der Waals surface area contributed by atoms with Crippen LogP contribution in [0.5, 0.6) is 5.75 Å². The number of aromatic hydroxyl groups is 1. The molecule has 0 aliphatic heterocycles. The number of carbonyl (C=O) groups excluding carboxylic acids is 1. The Labute approximate surface area is 221 Å². The van der Waals surface area contributed by atoms with Crippen LogP contribution in [-0.2, 0) is 21.0 Å². The van der Waals surface area contributed by atoms with Gasteiger partial charge in [-0.25, -0.2) is 18.0 Å². The van der Waals surface area contributed by atoms with Crippen molar-refractivity contribution in [2.75, 3.05) is 13.1 Å². The first-order chi connectivity index (χ1) is 17.8. The van der Waals surface area contributed by atoms with Crippen molar-refractivity contribution >= 4 is 21.9 Å². The lowest BCUT2D eigenvalue weighted by molar-refractivity contribution is 0.0147. The molecule has 3 aromatic rings. The molecule has 0 saturated carbocycles. The topological polar surface area (TPSA) is 141 Å². The Morgan fingerprint density at radius 1 is 0.947 bits per heavy atom. The van der Waals surface area contributed by atoms with E-state index in [4.69, 9.17) is 4.74 Å². The van der Waals surface area contributed by atoms with Gasteiger partial charge in [0, 0.05) is 6.54 Å². The van der Waals surface area contributed by atoms with Crippen molar-refractivity contribution in [2.45, 2.75) is 48.7 Å². The fourth-order valence-electron chi connectivity index (χ4n) is 3.66. The molecular formula is C28H31NO8S. The molecule has 0 aromatic heterocycles. The minimum atomic E-state index is -4.03. The standard InChI is InChI=1S/C28H31NO8S/c1-28(2,3)37-27(34)29(18-25(31)20-7-5-4-6-8-20)16-15-19-9-11-21(12-10-19)38(35,36)22-13-14-24(30)23(17-22)26(32)33/h4-14,17,25,30-31H,15-16,18H2,1-3H3,(H,32,33)/t25-/m0/s1. The average Bonchev–Trinajstić information content (AvgIpc) is 2.86. The van der Waals surface area contributed by atoms with E-state index in [0.717, 1.165) is 23.8 Å². The highest BCUT2D eigenvalue weighted by Crippen LogP contribution is 2.26. The number of aliphatic hydroxyl groups is 1. The molecule has 202 valence electrons. The van der Waals surface area contributed by atoms with Gasteiger partial charge in [-0.2, -0.15) is 0 Å². The van der Waals surface area contributed by atoms with Crippen LogP contribution < -0.4 is 0 Å². The van der Waals surface area contributed by atoms with E-state index in [1.165, 1.54) is 17.0 Å². The number of nitrogens with zero attached hydrogens (tertiary/aromatic N) is 1. The molecule has 0 aliphatic rings. The molecule has 38 heavy (non-hydrogen) atoms. The zero-order chi connectivity index (χ0) is 28.1. The predicted octanol–water partition coefficient (Wildman–Crippen LogP) is 4.44. The molecule has 10 heteroatoms. The summed E-state index contributed by atoms with van der Waals surface area (Å²) in [6.45, 7) is 5.49. The van der Waals surface area contributed by atoms with Crippen molar-refractivity contribution in [3.63, 3.8) is 0 Å². The Morgan fingerprint density at radius 2 is 1.55 bits per heavy atom. The summed E-state index contributed by atoms with van der Waals surface area (Å²) >= 11 is 0. The van der Waals surface area contributed by atoms with Crippen LogP contribution in [0, 0.1) is 0 Å². The highest BCUT2D eigenvalue weighted by atomic mass is 32.2. The van der Waals surface area contributed by atoms with Gasteiger partial charge >= 0.3 is 12.1 Å². The molecule has 0 saturated heterocycles. The Balaban J connectivity index is 1.76. The number of phenols is 1. The molecule has 3 N–H and O–H groups in total. The van der Waals surface area contributed by atoms with Gasteiger partial charge in [-0.1, -0.05) is 42.5 Å². The van der Waals surface area contributed by atoms with E-state index >= 15 is 0 Å². The number of benzene rings is 3. The number of aliphatic hydroxyl groups excluding tert-OH is 1. The lowest BCUT2D eigenvalue weighted by Gasteiger charge is -2.29. The number of hydrogen-bond donors (Lipinski definition) is 3. The van der Waals surface area contributed by atoms with Crippen LogP contribution in [0.25, 0.3) is 0 Å². The molecule has 0 spiro atoms. The summed E-state index contributed by atoms with van der Waals surface area (Å²) in [7, 11) is -4.03. The van der Waals surface area contributed by atoms with E-state index in [2.05, 4.69) is 0 Å². The van der Waals surface area contributed by atoms with Crippen LogP contribution in [0.1, 0.15) is 48.4 Å². The van der Waals surface area contributed by atoms with Crippen LogP contribution in [0.3, 0.4) is 0 Å². The van der Waals surface area contributed by atoms with Gasteiger partial charge < -0.3 is 25.0 Å². The maximum atomic E-state index is 13.0. The van der Waals surface area contributed by atoms with Crippen LogP contribution in [-0.4, -0.2) is 59.4 Å². The summed E-state index contributed by atoms with van der Waals surface area (Å²) in [4.78, 5) is 25.2. The lowest BCUT2D eigenvalue weighted by atomic mass is 10.1. The summed E-state index contributed by atoms with van der Waals surface area (Å²) in [6.07, 6.45) is -1.13. The van der Waals surface area contributed by atoms with E-state index in [1.807, 2.05) is 6.07 Å². The van der Waals surface area contributed by atoms with Gasteiger partial charge in [0.15, 0.2) is 0 Å². The number of ether oxygens (including phenoxy) is 1. The van der Waals surface area contributed by atoms with Gasteiger partial charge in [0.25, 0.3) is 0 Å². The minimum absolute atomic E-state index is 0.0121. The van der Waals surface area contributed by atoms with Crippen molar-refractivity contribution in [2.24, 2.45) is 0 Å². The summed E-state index contributed by atoms with van der Waals surface area (Å²) in [5.74, 6) is -1.97. The molecular weight excluding hydrogens is 510 g/mol. The fraction of sp³-hybridized carbons (Fsp3) is 0.286. The van der Waals surface area contributed by atoms with E-state index in [1.54, 1.807) is 57.2 Å². The average molecular weight is 542 g/mol. The van der Waals surface area contributed by atoms with Crippen molar-refractivity contribution in [3.8, 4) is 5.75 Å². The highest BCUT2D eigenvalue weighted by Gasteiger charge is 2.25. The molecule has 0 unspecified atom stereocenters. The molecule has 0 aliphatic carbocycles. The second-order valence-corrected chi connectivity index (χ2v) is 11.7. The fourth-order valence-corrected chi connectivity index (χ4v) is 4.95. The van der Waals surface area contributed by atoms with Gasteiger partial charge in [-0.05, 0) is 68.7 Å². The first-order valence-corrected chi connectivity index (χ1v) is 13.4. The number of carboxylic acids is 1. The van der Waals surface area contributed by atoms with Crippen molar-refractivity contribution in [1.29, 1.82) is 0 Å². The van der Waals surface area contributed by atoms with Crippen molar-refractivity contribution < 1.29 is 38.1 Å². The van der Waals surface area contributed by atoms with Gasteiger partial charge in [0.05, 0.1) is 22.4 Å². The molecule has 9 nitrogen and oxygen atoms in total. The van der Waals surface area contributed by atoms with Crippen LogP contribution in [0.2, 0.25) is 0 Å². The zero-order valence-corrected chi connectivity index (χ0v) is 22.2. The molecule has 1 atom stereocenters. The number of sulfone groups is 1. The third kappa shape index (κ3) is 7.33. The maximum absolute atomic E-state index is 13.0. The summed E-state index contributed by atoms with van der Waals surface area (Å²) < 4.78 is 31.5. The maximum Gasteiger partial charge on any atom is 0.410 e. The number of hydrogen-bond acceptors (Lipinski definition) is 7. The van der Waals surface area contributed by atoms with E-state index in [0.29, 0.717) is 12.0 Å². The molecule has 0 radical (unpaired) electrons. The smallest absolute Gasteiger partial charge is 0.410 e. The largest absolute Gasteiger partial charge is 0.507 e. The number of carboxylic acid groups (broad SMARTS) is 1. The highest BCUT2D eigenvalue weighted by molar-refractivity contribution is 7.91. The molecule has 1 amide bonds. The second-order valence-electron chi connectivity index (χ2n) is 9.73. The molecule has 0 heterocycles. The third-order valence-corrected chi connectivity index (χ3v) is 7.41. The second kappa shape index (κ2) is 11.7. The quantitative estimate of drug-likeness (QED) is 0.361. The Bertz CT molecular complexity index is 1380. The van der Waals surface area contributed by atoms with Gasteiger partial charge in [-0.15, -0.1) is 0 Å². The first kappa shape index (κ1) is 28.7. The monoisotopic (exact) mass is 541 g/mol. The van der Waals surface area contributed by atoms with Crippen LogP contribution >= 0.6 is 0 Å². The summed E-state index contributed by atoms with van der Waals surface area (Å²) in [6, 6.07) is 18.0. The van der Waals surface area contributed by atoms with E-state index in [9.17, 15) is 33.3 Å². The van der Waals surface area contributed by atoms with Crippen molar-refractivity contribution in [1.82, 2.24) is 4.90 Å². The van der Waals surface area contributed by atoms with Crippen LogP contribution in [0.15, 0.2) is 82.6 Å². The molecule has 0 bridgehead atoms. The Kier molecular flexibility index (Phi) is 8.80. The number of amides is 1. The van der Waals surface area contributed by atoms with E-state index < -0.39 is 44.9 Å². The van der Waals surface area contributed by atoms with Gasteiger partial charge in [0.1, 0.15) is 16.9 Å². The Morgan fingerprint density at radius 3 is 2.13 bits per heavy atom. The van der Waals surface area contributed by atoms with Gasteiger partial charge in [-0.3, -0.25) is 0 Å². The first-order valence-electron chi connectivity index (χ1n) is 11.9. The SMILES string of the molecule is CC(C)(C)OC(=O)N(CCc1ccc(S(=O)(=O)c2ccc(O)c(C(=O)O)c2)cc1)C[C@H](O)c1ccccc1. The normalized spacial score (nSPS) is 12.5. The Hall–Kier alpha value is -3.89. The third-order valence-electron chi connectivity index (χ3n) is 5.64. The number of carbonyl (C=O) groups is 2. The predicted molar refractivity (Wildman–Crippen MR) is 140 cm³/mol. The summed E-state index contributed by atoms with van der Waals surface area (Å²) in [5.41, 5.74) is 0.166. The molecule has 0 fully saturated rings. The lowest BCUT2D eigenvalue weighted by Crippen LogP contribution is -2.40. The van der Waals surface area contributed by atoms with Crippen LogP contribution in [0.4, 0.5) is 4.79 Å². The zero-order valence-electron chi connectivity index (χ0n) is 21.4.